The summed E-state index contributed by atoms with van der Waals surface area (Å²) in [6.07, 6.45) is 7.51. The molecule has 88 valence electrons. The highest BCUT2D eigenvalue weighted by Crippen LogP contribution is 2.31. The molecule has 1 heterocycles. The summed E-state index contributed by atoms with van der Waals surface area (Å²) in [6, 6.07) is 0.500. The van der Waals surface area contributed by atoms with E-state index in [1.165, 1.54) is 19.3 Å². The summed E-state index contributed by atoms with van der Waals surface area (Å²) < 4.78 is 0.865. The molecule has 1 N–H and O–H groups in total. The lowest BCUT2D eigenvalue weighted by Gasteiger charge is -2.14. The fraction of sp³-hybridized carbons (Fsp3) is 0.600. The Morgan fingerprint density at radius 2 is 2.38 bits per heavy atom. The third-order valence-corrected chi connectivity index (χ3v) is 4.63. The van der Waals surface area contributed by atoms with E-state index >= 15 is 0 Å². The third kappa shape index (κ3) is 3.02. The molecule has 1 aromatic rings. The normalized spacial score (nSPS) is 24.7. The van der Waals surface area contributed by atoms with Crippen LogP contribution in [0.25, 0.3) is 0 Å². The van der Waals surface area contributed by atoms with Gasteiger partial charge in [0.25, 0.3) is 0 Å². The summed E-state index contributed by atoms with van der Waals surface area (Å²) in [7, 11) is 0. The van der Waals surface area contributed by atoms with Crippen molar-refractivity contribution in [2.24, 2.45) is 0 Å². The van der Waals surface area contributed by atoms with Crippen LogP contribution in [0.5, 0.6) is 0 Å². The number of hydrogen-bond acceptors (Lipinski definition) is 4. The molecule has 0 saturated heterocycles. The number of hydrogen-bond donors (Lipinski definition) is 1. The summed E-state index contributed by atoms with van der Waals surface area (Å²) in [6.45, 7) is 0. The Hall–Kier alpha value is -0.000000000000000111. The Kier molecular flexibility index (Phi) is 4.33. The molecular formula is C10H13BrClN3S. The zero-order valence-electron chi connectivity index (χ0n) is 8.91. The topological polar surface area (TPSA) is 37.8 Å². The van der Waals surface area contributed by atoms with Crippen molar-refractivity contribution in [3.05, 3.63) is 16.0 Å². The highest BCUT2D eigenvalue weighted by Gasteiger charge is 2.24. The number of halogens is 2. The van der Waals surface area contributed by atoms with Gasteiger partial charge in [-0.1, -0.05) is 0 Å². The Balaban J connectivity index is 2.01. The smallest absolute Gasteiger partial charge is 0.224 e. The van der Waals surface area contributed by atoms with E-state index in [0.29, 0.717) is 6.04 Å². The number of thioether (sulfide) groups is 1. The van der Waals surface area contributed by atoms with E-state index in [9.17, 15) is 0 Å². The van der Waals surface area contributed by atoms with Crippen molar-refractivity contribution in [3.63, 3.8) is 0 Å². The standard InChI is InChI=1S/C10H13BrClN3S/c1-16-7-3-2-6(4-7)14-9-8(11)5-13-10(12)15-9/h5-7H,2-4H2,1H3,(H,13,14,15). The number of rotatable bonds is 3. The van der Waals surface area contributed by atoms with Crippen LogP contribution in [0.2, 0.25) is 5.28 Å². The average molecular weight is 323 g/mol. The van der Waals surface area contributed by atoms with Crippen LogP contribution in [-0.2, 0) is 0 Å². The van der Waals surface area contributed by atoms with Crippen LogP contribution in [0.1, 0.15) is 19.3 Å². The van der Waals surface area contributed by atoms with E-state index in [1.54, 1.807) is 6.20 Å². The molecule has 0 radical (unpaired) electrons. The molecule has 1 saturated carbocycles. The summed E-state index contributed by atoms with van der Waals surface area (Å²) in [5.41, 5.74) is 0. The first-order valence-electron chi connectivity index (χ1n) is 5.16. The van der Waals surface area contributed by atoms with Gasteiger partial charge in [0.1, 0.15) is 5.82 Å². The molecule has 0 aliphatic heterocycles. The summed E-state index contributed by atoms with van der Waals surface area (Å²) in [5.74, 6) is 0.798. The molecule has 2 rings (SSSR count). The van der Waals surface area contributed by atoms with Crippen molar-refractivity contribution in [2.75, 3.05) is 11.6 Å². The van der Waals surface area contributed by atoms with E-state index in [4.69, 9.17) is 11.6 Å². The van der Waals surface area contributed by atoms with Crippen molar-refractivity contribution < 1.29 is 0 Å². The molecule has 1 fully saturated rings. The Labute approximate surface area is 113 Å². The summed E-state index contributed by atoms with van der Waals surface area (Å²) >= 11 is 11.1. The van der Waals surface area contributed by atoms with Gasteiger partial charge < -0.3 is 5.32 Å². The quantitative estimate of drug-likeness (QED) is 0.863. The maximum absolute atomic E-state index is 5.77. The van der Waals surface area contributed by atoms with E-state index in [2.05, 4.69) is 37.5 Å². The number of anilines is 1. The molecule has 0 amide bonds. The van der Waals surface area contributed by atoms with Crippen LogP contribution in [-0.4, -0.2) is 27.5 Å². The van der Waals surface area contributed by atoms with Gasteiger partial charge in [0, 0.05) is 17.5 Å². The van der Waals surface area contributed by atoms with Gasteiger partial charge >= 0.3 is 0 Å². The predicted octanol–water partition coefficient (Wildman–Crippen LogP) is 3.59. The molecule has 0 spiro atoms. The minimum atomic E-state index is 0.283. The molecule has 6 heteroatoms. The summed E-state index contributed by atoms with van der Waals surface area (Å²) in [5, 5.41) is 4.47. The lowest BCUT2D eigenvalue weighted by molar-refractivity contribution is 0.750. The van der Waals surface area contributed by atoms with E-state index < -0.39 is 0 Å². The zero-order chi connectivity index (χ0) is 11.5. The highest BCUT2D eigenvalue weighted by atomic mass is 79.9. The van der Waals surface area contributed by atoms with Gasteiger partial charge in [-0.2, -0.15) is 16.7 Å². The molecule has 16 heavy (non-hydrogen) atoms. The Morgan fingerprint density at radius 1 is 1.56 bits per heavy atom. The number of nitrogens with one attached hydrogen (secondary N) is 1. The Morgan fingerprint density at radius 3 is 3.06 bits per heavy atom. The Bertz CT molecular complexity index is 377. The maximum atomic E-state index is 5.77. The van der Waals surface area contributed by atoms with Crippen LogP contribution < -0.4 is 5.32 Å². The van der Waals surface area contributed by atoms with Gasteiger partial charge in [-0.15, -0.1) is 0 Å². The molecule has 1 aliphatic carbocycles. The first kappa shape index (κ1) is 12.5. The molecule has 3 nitrogen and oxygen atoms in total. The first-order chi connectivity index (χ1) is 7.69. The number of nitrogens with zero attached hydrogens (tertiary/aromatic N) is 2. The second-order valence-corrected chi connectivity index (χ2v) is 6.18. The zero-order valence-corrected chi connectivity index (χ0v) is 12.1. The van der Waals surface area contributed by atoms with Gasteiger partial charge in [0.2, 0.25) is 5.28 Å². The second kappa shape index (κ2) is 5.56. The van der Waals surface area contributed by atoms with Crippen molar-refractivity contribution in [1.29, 1.82) is 0 Å². The monoisotopic (exact) mass is 321 g/mol. The average Bonchev–Trinajstić information content (AvgIpc) is 2.71. The fourth-order valence-electron chi connectivity index (χ4n) is 1.93. The summed E-state index contributed by atoms with van der Waals surface area (Å²) in [4.78, 5) is 8.08. The van der Waals surface area contributed by atoms with Gasteiger partial charge in [-0.25, -0.2) is 4.98 Å². The molecule has 1 aliphatic rings. The van der Waals surface area contributed by atoms with Crippen LogP contribution in [0.15, 0.2) is 10.7 Å². The van der Waals surface area contributed by atoms with Gasteiger partial charge in [0.05, 0.1) is 4.47 Å². The lowest BCUT2D eigenvalue weighted by Crippen LogP contribution is -2.17. The lowest BCUT2D eigenvalue weighted by atomic mass is 10.2. The van der Waals surface area contributed by atoms with Crippen molar-refractivity contribution in [2.45, 2.75) is 30.6 Å². The minimum Gasteiger partial charge on any atom is -0.366 e. The molecule has 2 unspecified atom stereocenters. The molecule has 0 aromatic carbocycles. The van der Waals surface area contributed by atoms with Crippen LogP contribution in [0, 0.1) is 0 Å². The van der Waals surface area contributed by atoms with Gasteiger partial charge in [-0.05, 0) is 53.0 Å². The molecular weight excluding hydrogens is 310 g/mol. The third-order valence-electron chi connectivity index (χ3n) is 2.77. The van der Waals surface area contributed by atoms with Crippen LogP contribution in [0.3, 0.4) is 0 Å². The van der Waals surface area contributed by atoms with E-state index in [-0.39, 0.29) is 5.28 Å². The maximum Gasteiger partial charge on any atom is 0.224 e. The van der Waals surface area contributed by atoms with Crippen LogP contribution >= 0.6 is 39.3 Å². The first-order valence-corrected chi connectivity index (χ1v) is 7.62. The SMILES string of the molecule is CSC1CCC(Nc2nc(Cl)ncc2Br)C1. The predicted molar refractivity (Wildman–Crippen MR) is 73.3 cm³/mol. The molecule has 2 atom stereocenters. The fourth-order valence-corrected chi connectivity index (χ4v) is 3.16. The van der Waals surface area contributed by atoms with Crippen molar-refractivity contribution >= 4 is 45.1 Å². The van der Waals surface area contributed by atoms with Gasteiger partial charge in [-0.3, -0.25) is 0 Å². The van der Waals surface area contributed by atoms with Crippen molar-refractivity contribution in [1.82, 2.24) is 9.97 Å². The highest BCUT2D eigenvalue weighted by molar-refractivity contribution is 9.10. The second-order valence-electron chi connectivity index (χ2n) is 3.85. The number of aromatic nitrogens is 2. The largest absolute Gasteiger partial charge is 0.366 e. The van der Waals surface area contributed by atoms with Crippen LogP contribution in [0.4, 0.5) is 5.82 Å². The molecule has 1 aromatic heterocycles. The van der Waals surface area contributed by atoms with Crippen molar-refractivity contribution in [3.8, 4) is 0 Å². The minimum absolute atomic E-state index is 0.283. The van der Waals surface area contributed by atoms with Gasteiger partial charge in [0.15, 0.2) is 0 Å². The van der Waals surface area contributed by atoms with E-state index in [1.807, 2.05) is 11.8 Å². The van der Waals surface area contributed by atoms with E-state index in [0.717, 1.165) is 15.5 Å². The molecule has 0 bridgehead atoms.